The van der Waals surface area contributed by atoms with Gasteiger partial charge in [0.2, 0.25) is 0 Å². The number of hydroxylamine groups is 2. The number of nitrogens with zero attached hydrogens (tertiary/aromatic N) is 1. The molecule has 1 aliphatic rings. The van der Waals surface area contributed by atoms with Crippen LogP contribution in [0.1, 0.15) is 52.5 Å². The van der Waals surface area contributed by atoms with Gasteiger partial charge in [-0.15, -0.1) is 5.06 Å². The first-order chi connectivity index (χ1) is 10.9. The maximum Gasteiger partial charge on any atom is 0.330 e. The van der Waals surface area contributed by atoms with Crippen molar-refractivity contribution >= 4 is 5.97 Å². The average Bonchev–Trinajstić information content (AvgIpc) is 2.54. The van der Waals surface area contributed by atoms with Gasteiger partial charge in [-0.2, -0.15) is 0 Å². The maximum atomic E-state index is 12.1. The quantitative estimate of drug-likeness (QED) is 0.902. The molecule has 1 aliphatic heterocycles. The van der Waals surface area contributed by atoms with E-state index in [4.69, 9.17) is 4.84 Å². The molecule has 0 bridgehead atoms. The van der Waals surface area contributed by atoms with Crippen molar-refractivity contribution in [1.29, 1.82) is 0 Å². The van der Waals surface area contributed by atoms with E-state index in [0.29, 0.717) is 12.1 Å². The Morgan fingerprint density at radius 2 is 2.00 bits per heavy atom. The van der Waals surface area contributed by atoms with Crippen molar-refractivity contribution in [3.8, 4) is 0 Å². The third kappa shape index (κ3) is 5.33. The van der Waals surface area contributed by atoms with Gasteiger partial charge in [0, 0.05) is 25.2 Å². The lowest BCUT2D eigenvalue weighted by molar-refractivity contribution is -0.218. The summed E-state index contributed by atoms with van der Waals surface area (Å²) in [5, 5.41) is 5.54. The SMILES string of the molecule is CCC1CC(NCc2ccccc2)CCN1OC(=O)C(C)(C)C. The third-order valence-electron chi connectivity index (χ3n) is 4.38. The van der Waals surface area contributed by atoms with Crippen LogP contribution in [-0.4, -0.2) is 29.7 Å². The van der Waals surface area contributed by atoms with Crippen molar-refractivity contribution in [2.24, 2.45) is 5.41 Å². The molecule has 1 saturated heterocycles. The standard InChI is InChI=1S/C19H30N2O2/c1-5-17-13-16(20-14-15-9-7-6-8-10-15)11-12-21(17)23-18(22)19(2,3)4/h6-10,16-17,20H,5,11-14H2,1-4H3. The number of carbonyl (C=O) groups is 1. The Labute approximate surface area is 140 Å². The van der Waals surface area contributed by atoms with E-state index in [2.05, 4.69) is 36.5 Å². The molecular weight excluding hydrogens is 288 g/mol. The highest BCUT2D eigenvalue weighted by Gasteiger charge is 2.33. The van der Waals surface area contributed by atoms with Gasteiger partial charge in [0.1, 0.15) is 0 Å². The van der Waals surface area contributed by atoms with E-state index in [1.165, 1.54) is 5.56 Å². The van der Waals surface area contributed by atoms with Gasteiger partial charge in [-0.3, -0.25) is 0 Å². The zero-order chi connectivity index (χ0) is 16.9. The Morgan fingerprint density at radius 1 is 1.30 bits per heavy atom. The molecule has 4 nitrogen and oxygen atoms in total. The Kier molecular flexibility index (Phi) is 6.19. The zero-order valence-electron chi connectivity index (χ0n) is 14.8. The van der Waals surface area contributed by atoms with Gasteiger partial charge in [0.15, 0.2) is 0 Å². The molecule has 1 aromatic rings. The van der Waals surface area contributed by atoms with Crippen LogP contribution in [0.25, 0.3) is 0 Å². The molecule has 1 fully saturated rings. The van der Waals surface area contributed by atoms with E-state index < -0.39 is 5.41 Å². The molecule has 1 aromatic carbocycles. The number of carbonyl (C=O) groups excluding carboxylic acids is 1. The summed E-state index contributed by atoms with van der Waals surface area (Å²) in [6.45, 7) is 9.53. The van der Waals surface area contributed by atoms with Crippen molar-refractivity contribution in [1.82, 2.24) is 10.4 Å². The third-order valence-corrected chi connectivity index (χ3v) is 4.38. The van der Waals surface area contributed by atoms with E-state index in [9.17, 15) is 4.79 Å². The fourth-order valence-electron chi connectivity index (χ4n) is 2.81. The number of hydrogen-bond acceptors (Lipinski definition) is 4. The molecule has 23 heavy (non-hydrogen) atoms. The molecule has 0 aliphatic carbocycles. The van der Waals surface area contributed by atoms with Crippen LogP contribution in [0.5, 0.6) is 0 Å². The first-order valence-corrected chi connectivity index (χ1v) is 8.66. The van der Waals surface area contributed by atoms with Gasteiger partial charge in [-0.1, -0.05) is 37.3 Å². The minimum absolute atomic E-state index is 0.147. The molecule has 2 atom stereocenters. The van der Waals surface area contributed by atoms with Crippen LogP contribution in [0.3, 0.4) is 0 Å². The minimum atomic E-state index is -0.458. The lowest BCUT2D eigenvalue weighted by atomic mass is 9.96. The predicted molar refractivity (Wildman–Crippen MR) is 92.6 cm³/mol. The maximum absolute atomic E-state index is 12.1. The summed E-state index contributed by atoms with van der Waals surface area (Å²) in [4.78, 5) is 17.7. The van der Waals surface area contributed by atoms with Crippen molar-refractivity contribution in [3.05, 3.63) is 35.9 Å². The smallest absolute Gasteiger partial charge is 0.330 e. The molecule has 0 aromatic heterocycles. The van der Waals surface area contributed by atoms with Crippen LogP contribution >= 0.6 is 0 Å². The Balaban J connectivity index is 1.85. The largest absolute Gasteiger partial charge is 0.367 e. The Bertz CT molecular complexity index is 496. The van der Waals surface area contributed by atoms with Crippen molar-refractivity contribution in [3.63, 3.8) is 0 Å². The molecular formula is C19H30N2O2. The van der Waals surface area contributed by atoms with Crippen LogP contribution < -0.4 is 5.32 Å². The summed E-state index contributed by atoms with van der Waals surface area (Å²) < 4.78 is 0. The van der Waals surface area contributed by atoms with E-state index >= 15 is 0 Å². The molecule has 2 rings (SSSR count). The zero-order valence-corrected chi connectivity index (χ0v) is 14.8. The van der Waals surface area contributed by atoms with E-state index in [-0.39, 0.29) is 5.97 Å². The first kappa shape index (κ1) is 18.0. The van der Waals surface area contributed by atoms with Gasteiger partial charge in [-0.05, 0) is 45.6 Å². The molecule has 0 radical (unpaired) electrons. The first-order valence-electron chi connectivity index (χ1n) is 8.66. The second-order valence-corrected chi connectivity index (χ2v) is 7.42. The van der Waals surface area contributed by atoms with Gasteiger partial charge < -0.3 is 10.2 Å². The van der Waals surface area contributed by atoms with E-state index in [1.54, 1.807) is 0 Å². The minimum Gasteiger partial charge on any atom is -0.367 e. The number of piperidine rings is 1. The highest BCUT2D eigenvalue weighted by molar-refractivity contribution is 5.75. The summed E-state index contributed by atoms with van der Waals surface area (Å²) in [6.07, 6.45) is 3.00. The average molecular weight is 318 g/mol. The molecule has 0 saturated carbocycles. The summed E-state index contributed by atoms with van der Waals surface area (Å²) >= 11 is 0. The number of hydrogen-bond donors (Lipinski definition) is 1. The summed E-state index contributed by atoms with van der Waals surface area (Å²) in [5.41, 5.74) is 0.850. The lowest BCUT2D eigenvalue weighted by Gasteiger charge is -2.38. The van der Waals surface area contributed by atoms with E-state index in [0.717, 1.165) is 32.4 Å². The molecule has 1 N–H and O–H groups in total. The van der Waals surface area contributed by atoms with E-state index in [1.807, 2.05) is 31.9 Å². The Hall–Kier alpha value is -1.39. The van der Waals surface area contributed by atoms with Gasteiger partial charge in [-0.25, -0.2) is 4.79 Å². The van der Waals surface area contributed by atoms with Gasteiger partial charge in [0.25, 0.3) is 0 Å². The monoisotopic (exact) mass is 318 g/mol. The molecule has 2 unspecified atom stereocenters. The molecule has 0 spiro atoms. The molecule has 128 valence electrons. The molecule has 4 heteroatoms. The highest BCUT2D eigenvalue weighted by Crippen LogP contribution is 2.24. The van der Waals surface area contributed by atoms with Gasteiger partial charge >= 0.3 is 5.97 Å². The fourth-order valence-corrected chi connectivity index (χ4v) is 2.81. The number of nitrogens with one attached hydrogen (secondary N) is 1. The van der Waals surface area contributed by atoms with Crippen LogP contribution in [0.4, 0.5) is 0 Å². The molecule has 1 heterocycles. The lowest BCUT2D eigenvalue weighted by Crippen LogP contribution is -2.49. The summed E-state index contributed by atoms with van der Waals surface area (Å²) in [7, 11) is 0. The molecule has 0 amide bonds. The fraction of sp³-hybridized carbons (Fsp3) is 0.632. The number of rotatable bonds is 5. The normalized spacial score (nSPS) is 22.8. The van der Waals surface area contributed by atoms with Crippen LogP contribution in [0.15, 0.2) is 30.3 Å². The number of benzene rings is 1. The predicted octanol–water partition coefficient (Wildman–Crippen LogP) is 3.52. The summed E-state index contributed by atoms with van der Waals surface area (Å²) in [5.74, 6) is -0.147. The second kappa shape index (κ2) is 7.93. The summed E-state index contributed by atoms with van der Waals surface area (Å²) in [6, 6.07) is 11.2. The second-order valence-electron chi connectivity index (χ2n) is 7.42. The topological polar surface area (TPSA) is 41.6 Å². The highest BCUT2D eigenvalue weighted by atomic mass is 16.7. The van der Waals surface area contributed by atoms with Crippen molar-refractivity contribution in [2.45, 2.75) is 65.6 Å². The van der Waals surface area contributed by atoms with Crippen LogP contribution in [0, 0.1) is 5.41 Å². The Morgan fingerprint density at radius 3 is 2.61 bits per heavy atom. The van der Waals surface area contributed by atoms with Crippen molar-refractivity contribution < 1.29 is 9.63 Å². The van der Waals surface area contributed by atoms with Crippen LogP contribution in [-0.2, 0) is 16.2 Å². The van der Waals surface area contributed by atoms with Crippen LogP contribution in [0.2, 0.25) is 0 Å². The van der Waals surface area contributed by atoms with Crippen molar-refractivity contribution in [2.75, 3.05) is 6.54 Å². The van der Waals surface area contributed by atoms with Gasteiger partial charge in [0.05, 0.1) is 5.41 Å².